The monoisotopic (exact) mass is 214 g/mol. The van der Waals surface area contributed by atoms with Crippen LogP contribution in [0.5, 0.6) is 0 Å². The summed E-state index contributed by atoms with van der Waals surface area (Å²) in [6.07, 6.45) is 0. The Morgan fingerprint density at radius 1 is 0.867 bits per heavy atom. The molecule has 0 radical (unpaired) electrons. The maximum Gasteiger partial charge on any atom is 0.155 e. The molecule has 74 valence electrons. The van der Waals surface area contributed by atoms with Crippen LogP contribution in [0, 0.1) is 0 Å². The van der Waals surface area contributed by atoms with E-state index in [1.54, 1.807) is 0 Å². The number of rotatable bonds is 2. The van der Waals surface area contributed by atoms with Crippen molar-refractivity contribution in [2.24, 2.45) is 0 Å². The predicted molar refractivity (Wildman–Crippen MR) is 69.5 cm³/mol. The lowest BCUT2D eigenvalue weighted by Crippen LogP contribution is -2.13. The van der Waals surface area contributed by atoms with Crippen molar-refractivity contribution in [3.05, 3.63) is 53.6 Å². The predicted octanol–water partition coefficient (Wildman–Crippen LogP) is 3.12. The van der Waals surface area contributed by atoms with E-state index in [9.17, 15) is 0 Å². The molecule has 15 heavy (non-hydrogen) atoms. The van der Waals surface area contributed by atoms with E-state index in [1.807, 2.05) is 18.2 Å². The summed E-state index contributed by atoms with van der Waals surface area (Å²) in [6.45, 7) is 2.16. The van der Waals surface area contributed by atoms with Gasteiger partial charge in [0.25, 0.3) is 0 Å². The van der Waals surface area contributed by atoms with Gasteiger partial charge >= 0.3 is 0 Å². The number of hydrogen-bond acceptors (Lipinski definition) is 0. The van der Waals surface area contributed by atoms with Crippen LogP contribution in [0.15, 0.2) is 48.5 Å². The molecule has 0 amide bonds. The van der Waals surface area contributed by atoms with Gasteiger partial charge in [0.2, 0.25) is 0 Å². The van der Waals surface area contributed by atoms with Gasteiger partial charge in [-0.3, -0.25) is 0 Å². The fourth-order valence-electron chi connectivity index (χ4n) is 1.77. The molecule has 0 nitrogen and oxygen atoms in total. The molecule has 0 aliphatic heterocycles. The summed E-state index contributed by atoms with van der Waals surface area (Å²) in [6, 6.07) is 16.4. The van der Waals surface area contributed by atoms with Crippen molar-refractivity contribution in [3.63, 3.8) is 0 Å². The summed E-state index contributed by atoms with van der Waals surface area (Å²) >= 11 is 6.19. The van der Waals surface area contributed by atoms with Crippen LogP contribution in [-0.2, 0) is 0 Å². The van der Waals surface area contributed by atoms with Crippen LogP contribution < -0.4 is 5.46 Å². The van der Waals surface area contributed by atoms with Crippen molar-refractivity contribution in [1.29, 1.82) is 0 Å². The van der Waals surface area contributed by atoms with Crippen molar-refractivity contribution < 1.29 is 0 Å². The largest absolute Gasteiger partial charge is 0.155 e. The summed E-state index contributed by atoms with van der Waals surface area (Å²) in [5.41, 5.74) is 3.70. The third-order valence-corrected chi connectivity index (χ3v) is 2.89. The van der Waals surface area contributed by atoms with E-state index in [4.69, 9.17) is 11.6 Å². The molecule has 2 rings (SSSR count). The Morgan fingerprint density at radius 2 is 1.47 bits per heavy atom. The summed E-state index contributed by atoms with van der Waals surface area (Å²) in [5.74, 6) is 0. The Bertz CT molecular complexity index is 466. The highest BCUT2D eigenvalue weighted by atomic mass is 35.5. The molecule has 2 aromatic rings. The highest BCUT2D eigenvalue weighted by Gasteiger charge is 2.05. The first-order chi connectivity index (χ1) is 7.33. The number of benzene rings is 2. The van der Waals surface area contributed by atoms with E-state index in [0.717, 1.165) is 17.9 Å². The third-order valence-electron chi connectivity index (χ3n) is 2.56. The molecule has 0 bridgehead atoms. The van der Waals surface area contributed by atoms with Crippen LogP contribution in [0.25, 0.3) is 11.1 Å². The summed E-state index contributed by atoms with van der Waals surface area (Å²) < 4.78 is 0. The van der Waals surface area contributed by atoms with E-state index in [1.165, 1.54) is 11.0 Å². The number of halogens is 1. The second-order valence-electron chi connectivity index (χ2n) is 3.49. The lowest BCUT2D eigenvalue weighted by Gasteiger charge is -2.08. The fraction of sp³-hybridized carbons (Fsp3) is 0.0769. The Balaban J connectivity index is 2.59. The van der Waals surface area contributed by atoms with Gasteiger partial charge in [0.15, 0.2) is 7.28 Å². The molecule has 0 N–H and O–H groups in total. The Labute approximate surface area is 96.1 Å². The van der Waals surface area contributed by atoms with Gasteiger partial charge < -0.3 is 0 Å². The zero-order valence-electron chi connectivity index (χ0n) is 8.70. The molecular weight excluding hydrogens is 202 g/mol. The van der Waals surface area contributed by atoms with Gasteiger partial charge in [-0.1, -0.05) is 66.4 Å². The quantitative estimate of drug-likeness (QED) is 0.674. The molecule has 0 atom stereocenters. The van der Waals surface area contributed by atoms with Crippen molar-refractivity contribution >= 4 is 24.3 Å². The molecule has 0 saturated heterocycles. The third kappa shape index (κ3) is 2.08. The molecule has 0 aromatic heterocycles. The first-order valence-electron chi connectivity index (χ1n) is 5.15. The molecule has 0 spiro atoms. The van der Waals surface area contributed by atoms with Gasteiger partial charge in [-0.15, -0.1) is 0 Å². The molecule has 0 fully saturated rings. The summed E-state index contributed by atoms with van der Waals surface area (Å²) in [4.78, 5) is 0. The molecule has 2 aromatic carbocycles. The second-order valence-corrected chi connectivity index (χ2v) is 3.90. The van der Waals surface area contributed by atoms with Crippen molar-refractivity contribution in [1.82, 2.24) is 0 Å². The number of hydrogen-bond donors (Lipinski definition) is 0. The minimum atomic E-state index is 0.818. The Morgan fingerprint density at radius 3 is 2.13 bits per heavy atom. The molecule has 0 saturated carbocycles. The average molecular weight is 215 g/mol. The lowest BCUT2D eigenvalue weighted by molar-refractivity contribution is 1.64. The van der Waals surface area contributed by atoms with Crippen LogP contribution in [0.4, 0.5) is 0 Å². The zero-order valence-corrected chi connectivity index (χ0v) is 9.46. The van der Waals surface area contributed by atoms with Crippen LogP contribution in [-0.4, -0.2) is 7.28 Å². The molecule has 2 heteroatoms. The normalized spacial score (nSPS) is 10.0. The maximum atomic E-state index is 6.19. The Kier molecular flexibility index (Phi) is 3.12. The highest BCUT2D eigenvalue weighted by Crippen LogP contribution is 2.25. The molecule has 0 aliphatic rings. The van der Waals surface area contributed by atoms with Crippen molar-refractivity contribution in [2.45, 2.75) is 6.82 Å². The SMILES string of the molecule is CBc1ccccc1-c1ccccc1Cl. The lowest BCUT2D eigenvalue weighted by atomic mass is 9.70. The average Bonchev–Trinajstić information content (AvgIpc) is 2.30. The minimum absolute atomic E-state index is 0.818. The molecule has 0 unspecified atom stereocenters. The van der Waals surface area contributed by atoms with E-state index >= 15 is 0 Å². The minimum Gasteiger partial charge on any atom is -0.0849 e. The van der Waals surface area contributed by atoms with Gasteiger partial charge in [-0.05, 0) is 17.2 Å². The van der Waals surface area contributed by atoms with Crippen molar-refractivity contribution in [3.8, 4) is 11.1 Å². The topological polar surface area (TPSA) is 0 Å². The van der Waals surface area contributed by atoms with E-state index in [2.05, 4.69) is 37.2 Å². The van der Waals surface area contributed by atoms with Crippen LogP contribution in [0.3, 0.4) is 0 Å². The molecule has 0 heterocycles. The van der Waals surface area contributed by atoms with E-state index < -0.39 is 0 Å². The molecular formula is C13H12BCl. The summed E-state index contributed by atoms with van der Waals surface area (Å²) in [7, 11) is 1.03. The second kappa shape index (κ2) is 4.54. The van der Waals surface area contributed by atoms with Crippen LogP contribution in [0.1, 0.15) is 0 Å². The molecule has 0 aliphatic carbocycles. The van der Waals surface area contributed by atoms with E-state index in [-0.39, 0.29) is 0 Å². The van der Waals surface area contributed by atoms with Gasteiger partial charge in [-0.2, -0.15) is 0 Å². The smallest absolute Gasteiger partial charge is 0.0849 e. The highest BCUT2D eigenvalue weighted by molar-refractivity contribution is 6.54. The van der Waals surface area contributed by atoms with Gasteiger partial charge in [0.1, 0.15) is 0 Å². The summed E-state index contributed by atoms with van der Waals surface area (Å²) in [5, 5.41) is 0.818. The van der Waals surface area contributed by atoms with Gasteiger partial charge in [0, 0.05) is 5.02 Å². The van der Waals surface area contributed by atoms with Crippen LogP contribution >= 0.6 is 11.6 Å². The fourth-order valence-corrected chi connectivity index (χ4v) is 2.01. The Hall–Kier alpha value is -1.21. The van der Waals surface area contributed by atoms with Gasteiger partial charge in [-0.25, -0.2) is 0 Å². The van der Waals surface area contributed by atoms with E-state index in [0.29, 0.717) is 0 Å². The zero-order chi connectivity index (χ0) is 10.7. The first kappa shape index (κ1) is 10.3. The standard InChI is InChI=1S/C13H12BCl/c1-14-12-8-4-2-6-10(12)11-7-3-5-9-13(11)15/h2-9,14H,1H3. The van der Waals surface area contributed by atoms with Gasteiger partial charge in [0.05, 0.1) is 0 Å². The maximum absolute atomic E-state index is 6.19. The van der Waals surface area contributed by atoms with Crippen LogP contribution in [0.2, 0.25) is 11.8 Å². The first-order valence-corrected chi connectivity index (χ1v) is 5.53. The van der Waals surface area contributed by atoms with Crippen molar-refractivity contribution in [2.75, 3.05) is 0 Å².